The van der Waals surface area contributed by atoms with Gasteiger partial charge in [-0.15, -0.1) is 0 Å². The molecule has 3 nitrogen and oxygen atoms in total. The first-order chi connectivity index (χ1) is 12.3. The van der Waals surface area contributed by atoms with Crippen LogP contribution in [0, 0.1) is 28.6 Å². The molecule has 0 spiro atoms. The van der Waals surface area contributed by atoms with E-state index < -0.39 is 0 Å². The molecule has 0 aromatic carbocycles. The third-order valence-corrected chi connectivity index (χ3v) is 9.59. The molecule has 4 heteroatoms. The summed E-state index contributed by atoms with van der Waals surface area (Å²) < 4.78 is 5.90. The molecule has 144 valence electrons. The maximum Gasteiger partial charge on any atom is 0.186 e. The van der Waals surface area contributed by atoms with Crippen molar-refractivity contribution < 1.29 is 14.3 Å². The van der Waals surface area contributed by atoms with Gasteiger partial charge in [0.15, 0.2) is 10.9 Å². The van der Waals surface area contributed by atoms with E-state index in [-0.39, 0.29) is 21.7 Å². The molecule has 0 radical (unpaired) electrons. The van der Waals surface area contributed by atoms with E-state index in [0.717, 1.165) is 19.3 Å². The largest absolute Gasteiger partial charge is 0.381 e. The molecule has 0 amide bonds. The Bertz CT molecular complexity index is 656. The second-order valence-corrected chi connectivity index (χ2v) is 11.0. The normalized spacial score (nSPS) is 47.6. The first kappa shape index (κ1) is 18.7. The Hall–Kier alpha value is -0.610. The molecule has 4 aliphatic rings. The van der Waals surface area contributed by atoms with E-state index in [0.29, 0.717) is 35.5 Å². The lowest BCUT2D eigenvalue weighted by Crippen LogP contribution is -2.55. The summed E-state index contributed by atoms with van der Waals surface area (Å²) in [7, 11) is 1.86. The van der Waals surface area contributed by atoms with Crippen molar-refractivity contribution in [2.45, 2.75) is 77.1 Å². The molecule has 26 heavy (non-hydrogen) atoms. The van der Waals surface area contributed by atoms with Crippen LogP contribution in [0.25, 0.3) is 0 Å². The lowest BCUT2D eigenvalue weighted by atomic mass is 9.47. The van der Waals surface area contributed by atoms with Crippen LogP contribution < -0.4 is 0 Å². The summed E-state index contributed by atoms with van der Waals surface area (Å²) in [4.78, 5) is 24.1. The summed E-state index contributed by atoms with van der Waals surface area (Å²) in [6.45, 7) is 6.54. The van der Waals surface area contributed by atoms with E-state index in [1.54, 1.807) is 18.7 Å². The Morgan fingerprint density at radius 1 is 1.19 bits per heavy atom. The SMILES string of the molecule is COC1CCC2C3C(SC(C)=O)CC4=CC(=O)CCC4(C)C3CCC12C. The molecule has 0 bridgehead atoms. The van der Waals surface area contributed by atoms with E-state index in [4.69, 9.17) is 4.74 Å². The number of hydrogen-bond donors (Lipinski definition) is 0. The summed E-state index contributed by atoms with van der Waals surface area (Å²) in [5.74, 6) is 2.08. The fourth-order valence-electron chi connectivity index (χ4n) is 7.17. The Morgan fingerprint density at radius 2 is 1.96 bits per heavy atom. The monoisotopic (exact) mass is 376 g/mol. The smallest absolute Gasteiger partial charge is 0.186 e. The molecule has 0 aromatic heterocycles. The predicted molar refractivity (Wildman–Crippen MR) is 105 cm³/mol. The first-order valence-corrected chi connectivity index (χ1v) is 11.1. The molecule has 7 atom stereocenters. The Kier molecular flexibility index (Phi) is 4.67. The maximum atomic E-state index is 12.1. The van der Waals surface area contributed by atoms with Gasteiger partial charge >= 0.3 is 0 Å². The van der Waals surface area contributed by atoms with Crippen molar-refractivity contribution in [3.63, 3.8) is 0 Å². The zero-order valence-electron chi connectivity index (χ0n) is 16.5. The van der Waals surface area contributed by atoms with Crippen molar-refractivity contribution in [2.75, 3.05) is 7.11 Å². The minimum Gasteiger partial charge on any atom is -0.381 e. The highest BCUT2D eigenvalue weighted by Crippen LogP contribution is 2.67. The highest BCUT2D eigenvalue weighted by molar-refractivity contribution is 8.14. The van der Waals surface area contributed by atoms with Crippen molar-refractivity contribution in [3.8, 4) is 0 Å². The van der Waals surface area contributed by atoms with Crippen molar-refractivity contribution >= 4 is 22.7 Å². The summed E-state index contributed by atoms with van der Waals surface area (Å²) in [5.41, 5.74) is 1.73. The zero-order chi connectivity index (χ0) is 18.7. The number of thioether (sulfide) groups is 1. The summed E-state index contributed by atoms with van der Waals surface area (Å²) in [6.07, 6.45) is 9.68. The second kappa shape index (κ2) is 6.48. The van der Waals surface area contributed by atoms with Gasteiger partial charge in [-0.2, -0.15) is 0 Å². The summed E-state index contributed by atoms with van der Waals surface area (Å²) in [5, 5.41) is 0.539. The summed E-state index contributed by atoms with van der Waals surface area (Å²) in [6, 6.07) is 0. The van der Waals surface area contributed by atoms with E-state index in [1.165, 1.54) is 24.8 Å². The third-order valence-electron chi connectivity index (χ3n) is 8.48. The van der Waals surface area contributed by atoms with Gasteiger partial charge in [0.05, 0.1) is 6.10 Å². The fourth-order valence-corrected chi connectivity index (χ4v) is 8.40. The number of carbonyl (C=O) groups is 2. The third kappa shape index (κ3) is 2.66. The molecule has 4 rings (SSSR count). The number of ketones is 1. The molecule has 0 aromatic rings. The van der Waals surface area contributed by atoms with Gasteiger partial charge in [-0.25, -0.2) is 0 Å². The number of hydrogen-bond acceptors (Lipinski definition) is 4. The number of rotatable bonds is 2. The lowest BCUT2D eigenvalue weighted by molar-refractivity contribution is -0.118. The Labute approximate surface area is 161 Å². The quantitative estimate of drug-likeness (QED) is 0.695. The zero-order valence-corrected chi connectivity index (χ0v) is 17.4. The molecule has 4 aliphatic carbocycles. The van der Waals surface area contributed by atoms with Crippen LogP contribution in [0.2, 0.25) is 0 Å². The van der Waals surface area contributed by atoms with E-state index in [2.05, 4.69) is 13.8 Å². The van der Waals surface area contributed by atoms with Gasteiger partial charge in [0.2, 0.25) is 0 Å². The molecule has 7 unspecified atom stereocenters. The first-order valence-electron chi connectivity index (χ1n) is 10.2. The summed E-state index contributed by atoms with van der Waals surface area (Å²) >= 11 is 1.54. The van der Waals surface area contributed by atoms with Crippen molar-refractivity contribution in [1.29, 1.82) is 0 Å². The molecule has 3 saturated carbocycles. The second-order valence-electron chi connectivity index (χ2n) is 9.54. The number of allylic oxidation sites excluding steroid dienone is 1. The van der Waals surface area contributed by atoms with Crippen LogP contribution in [0.1, 0.15) is 65.7 Å². The van der Waals surface area contributed by atoms with Gasteiger partial charge in [0, 0.05) is 25.7 Å². The minimum absolute atomic E-state index is 0.152. The Balaban J connectivity index is 1.75. The van der Waals surface area contributed by atoms with Crippen LogP contribution in [0.4, 0.5) is 0 Å². The van der Waals surface area contributed by atoms with Crippen LogP contribution in [0.5, 0.6) is 0 Å². The van der Waals surface area contributed by atoms with Gasteiger partial charge in [0.25, 0.3) is 0 Å². The van der Waals surface area contributed by atoms with E-state index in [9.17, 15) is 9.59 Å². The molecule has 0 heterocycles. The fraction of sp³-hybridized carbons (Fsp3) is 0.818. The predicted octanol–water partition coefficient (Wildman–Crippen LogP) is 4.79. The van der Waals surface area contributed by atoms with Gasteiger partial charge in [-0.05, 0) is 73.2 Å². The van der Waals surface area contributed by atoms with Crippen LogP contribution in [0.15, 0.2) is 11.6 Å². The lowest BCUT2D eigenvalue weighted by Gasteiger charge is -2.60. The molecular weight excluding hydrogens is 344 g/mol. The molecule has 0 saturated heterocycles. The van der Waals surface area contributed by atoms with Crippen molar-refractivity contribution in [3.05, 3.63) is 11.6 Å². The maximum absolute atomic E-state index is 12.1. The van der Waals surface area contributed by atoms with Gasteiger partial charge in [-0.1, -0.05) is 31.2 Å². The molecular formula is C22H32O3S. The molecule has 0 N–H and O–H groups in total. The Morgan fingerprint density at radius 3 is 2.65 bits per heavy atom. The number of ether oxygens (including phenoxy) is 1. The average Bonchev–Trinajstić information content (AvgIpc) is 2.92. The van der Waals surface area contributed by atoms with Crippen LogP contribution in [-0.2, 0) is 14.3 Å². The van der Waals surface area contributed by atoms with Gasteiger partial charge < -0.3 is 4.74 Å². The minimum atomic E-state index is 0.152. The molecule has 3 fully saturated rings. The van der Waals surface area contributed by atoms with Crippen molar-refractivity contribution in [1.82, 2.24) is 0 Å². The number of methoxy groups -OCH3 is 1. The van der Waals surface area contributed by atoms with Crippen LogP contribution >= 0.6 is 11.8 Å². The highest BCUT2D eigenvalue weighted by Gasteiger charge is 2.61. The number of fused-ring (bicyclic) bond motifs is 5. The highest BCUT2D eigenvalue weighted by atomic mass is 32.2. The van der Waals surface area contributed by atoms with Gasteiger partial charge in [-0.3, -0.25) is 9.59 Å². The van der Waals surface area contributed by atoms with Gasteiger partial charge in [0.1, 0.15) is 0 Å². The topological polar surface area (TPSA) is 43.4 Å². The van der Waals surface area contributed by atoms with Crippen LogP contribution in [0.3, 0.4) is 0 Å². The van der Waals surface area contributed by atoms with E-state index in [1.807, 2.05) is 13.2 Å². The van der Waals surface area contributed by atoms with E-state index >= 15 is 0 Å². The standard InChI is InChI=1S/C22H32O3S/c1-13(23)26-18-12-14-11-15(24)7-9-21(14,2)17-8-10-22(3)16(20(17)18)5-6-19(22)25-4/h11,16-20H,5-10,12H2,1-4H3. The molecule has 0 aliphatic heterocycles. The number of carbonyl (C=O) groups excluding carboxylic acids is 2. The average molecular weight is 377 g/mol. The van der Waals surface area contributed by atoms with Crippen molar-refractivity contribution in [2.24, 2.45) is 28.6 Å². The van der Waals surface area contributed by atoms with Crippen LogP contribution in [-0.4, -0.2) is 29.4 Å².